The van der Waals surface area contributed by atoms with Gasteiger partial charge < -0.3 is 25.0 Å². The lowest BCUT2D eigenvalue weighted by Gasteiger charge is -2.20. The molecule has 3 aromatic rings. The second-order valence-corrected chi connectivity index (χ2v) is 16.5. The van der Waals surface area contributed by atoms with E-state index < -0.39 is 23.4 Å². The third-order valence-corrected chi connectivity index (χ3v) is 11.2. The van der Waals surface area contributed by atoms with E-state index in [0.29, 0.717) is 54.0 Å². The first-order valence-corrected chi connectivity index (χ1v) is 18.1. The second kappa shape index (κ2) is 15.2. The van der Waals surface area contributed by atoms with E-state index in [9.17, 15) is 8.60 Å². The summed E-state index contributed by atoms with van der Waals surface area (Å²) in [5, 5.41) is 7.53. The second-order valence-electron chi connectivity index (χ2n) is 10.0. The highest BCUT2D eigenvalue weighted by molar-refractivity contribution is 8.46. The molecule has 1 unspecified atom stereocenters. The minimum Gasteiger partial charge on any atom is -0.490 e. The van der Waals surface area contributed by atoms with Crippen LogP contribution in [0.25, 0.3) is 10.9 Å². The number of rotatable bonds is 9. The number of anilines is 2. The minimum atomic E-state index is -0.737. The molecular weight excluding hydrogens is 572 g/mol. The Balaban J connectivity index is 1.54. The van der Waals surface area contributed by atoms with Gasteiger partial charge in [-0.25, -0.2) is 14.4 Å². The van der Waals surface area contributed by atoms with E-state index >= 15 is 0 Å². The molecule has 1 aliphatic heterocycles. The predicted molar refractivity (Wildman–Crippen MR) is 165 cm³/mol. The van der Waals surface area contributed by atoms with Crippen LogP contribution in [0.5, 0.6) is 11.5 Å². The summed E-state index contributed by atoms with van der Waals surface area (Å²) in [5.74, 6) is 2.08. The molecule has 0 saturated carbocycles. The number of aromatic nitrogens is 2. The lowest BCUT2D eigenvalue weighted by Crippen LogP contribution is -2.22. The van der Waals surface area contributed by atoms with E-state index in [2.05, 4.69) is 25.5 Å². The molecule has 2 bridgehead atoms. The fourth-order valence-electron chi connectivity index (χ4n) is 4.41. The molecule has 1 aromatic heterocycles. The molecule has 8 nitrogen and oxygen atoms in total. The maximum Gasteiger partial charge on any atom is 0.163 e. The van der Waals surface area contributed by atoms with Crippen molar-refractivity contribution in [3.05, 3.63) is 47.0 Å². The smallest absolute Gasteiger partial charge is 0.163 e. The van der Waals surface area contributed by atoms with Gasteiger partial charge in [-0.1, -0.05) is 11.6 Å². The normalized spacial score (nSPS) is 15.7. The Kier molecular flexibility index (Phi) is 11.7. The van der Waals surface area contributed by atoms with Gasteiger partial charge in [0.05, 0.1) is 23.8 Å². The van der Waals surface area contributed by atoms with Crippen molar-refractivity contribution in [2.24, 2.45) is 0 Å². The van der Waals surface area contributed by atoms with Crippen LogP contribution < -0.4 is 20.1 Å². The molecule has 12 heteroatoms. The SMILES string of the molecule is CN1CCCCCOc2cc3c(ncnc3cc2OCCCNCCS(=O)P(C)C)Nc2cc(Cl)c(F)cc2C1. The van der Waals surface area contributed by atoms with Crippen LogP contribution in [0.15, 0.2) is 30.6 Å². The van der Waals surface area contributed by atoms with Gasteiger partial charge in [0.1, 0.15) is 18.0 Å². The van der Waals surface area contributed by atoms with E-state index in [0.717, 1.165) is 56.3 Å². The van der Waals surface area contributed by atoms with Crippen molar-refractivity contribution in [2.45, 2.75) is 32.2 Å². The van der Waals surface area contributed by atoms with Crippen LogP contribution in [-0.4, -0.2) is 78.1 Å². The molecule has 0 amide bonds. The lowest BCUT2D eigenvalue weighted by atomic mass is 10.1. The molecule has 40 heavy (non-hydrogen) atoms. The van der Waals surface area contributed by atoms with Crippen molar-refractivity contribution < 1.29 is 18.1 Å². The number of benzene rings is 2. The Labute approximate surface area is 244 Å². The molecule has 0 spiro atoms. The molecular formula is C28H38ClFN5O3PS. The van der Waals surface area contributed by atoms with Crippen LogP contribution in [-0.2, 0) is 17.0 Å². The molecule has 1 aliphatic rings. The van der Waals surface area contributed by atoms with Gasteiger partial charge in [-0.3, -0.25) is 4.21 Å². The molecule has 2 heterocycles. The van der Waals surface area contributed by atoms with Gasteiger partial charge in [-0.05, 0) is 90.0 Å². The molecule has 4 rings (SSSR count). The summed E-state index contributed by atoms with van der Waals surface area (Å²) in [4.78, 5) is 11.1. The van der Waals surface area contributed by atoms with Crippen molar-refractivity contribution >= 4 is 51.6 Å². The lowest BCUT2D eigenvalue weighted by molar-refractivity contribution is 0.257. The number of ether oxygens (including phenoxy) is 2. The number of fused-ring (bicyclic) bond motifs is 2. The van der Waals surface area contributed by atoms with Crippen LogP contribution in [0.3, 0.4) is 0 Å². The van der Waals surface area contributed by atoms with Gasteiger partial charge in [-0.2, -0.15) is 0 Å². The number of nitrogens with one attached hydrogen (secondary N) is 2. The molecule has 1 atom stereocenters. The number of halogens is 2. The standard InChI is InChI=1S/C28H38ClFN5O3PS/c1-35-10-5-4-6-11-37-26-15-21-25(17-27(26)38-12-7-8-31-9-13-40(36)39(2)3)32-19-33-28(21)34-24-16-22(29)23(30)14-20(24)18-35/h14-17,19,31H,4-13,18H2,1-3H3,(H,32,33,34). The van der Waals surface area contributed by atoms with Crippen LogP contribution in [0.4, 0.5) is 15.9 Å². The van der Waals surface area contributed by atoms with Crippen LogP contribution >= 0.6 is 18.7 Å². The highest BCUT2D eigenvalue weighted by Crippen LogP contribution is 2.36. The van der Waals surface area contributed by atoms with E-state index in [1.807, 2.05) is 32.5 Å². The summed E-state index contributed by atoms with van der Waals surface area (Å²) in [6.45, 7) is 8.12. The molecule has 0 radical (unpaired) electrons. The van der Waals surface area contributed by atoms with Crippen LogP contribution in [0.1, 0.15) is 31.2 Å². The third kappa shape index (κ3) is 8.70. The maximum atomic E-state index is 14.4. The average molecular weight is 610 g/mol. The Morgan fingerprint density at radius 2 is 2.05 bits per heavy atom. The van der Waals surface area contributed by atoms with Crippen molar-refractivity contribution in [1.82, 2.24) is 20.2 Å². The van der Waals surface area contributed by atoms with Gasteiger partial charge in [0.15, 0.2) is 11.5 Å². The van der Waals surface area contributed by atoms with E-state index in [1.165, 1.54) is 12.4 Å². The Morgan fingerprint density at radius 1 is 1.20 bits per heavy atom. The van der Waals surface area contributed by atoms with Crippen LogP contribution in [0.2, 0.25) is 5.02 Å². The number of nitrogens with zero attached hydrogens (tertiary/aromatic N) is 3. The first-order chi connectivity index (χ1) is 19.3. The van der Waals surface area contributed by atoms with Crippen LogP contribution in [0, 0.1) is 5.82 Å². The van der Waals surface area contributed by atoms with Gasteiger partial charge in [-0.15, -0.1) is 0 Å². The number of hydrogen-bond donors (Lipinski definition) is 2. The molecule has 218 valence electrons. The molecule has 0 fully saturated rings. The zero-order valence-electron chi connectivity index (χ0n) is 23.3. The Hall–Kier alpha value is -2.10. The molecule has 2 aromatic carbocycles. The summed E-state index contributed by atoms with van der Waals surface area (Å²) in [6, 6.07) is 6.88. The highest BCUT2D eigenvalue weighted by atomic mass is 35.5. The zero-order valence-corrected chi connectivity index (χ0v) is 25.8. The number of hydrogen-bond acceptors (Lipinski definition) is 8. The minimum absolute atomic E-state index is 0.0495. The van der Waals surface area contributed by atoms with Crippen molar-refractivity contribution in [2.75, 3.05) is 64.3 Å². The van der Waals surface area contributed by atoms with Gasteiger partial charge in [0.25, 0.3) is 0 Å². The fraction of sp³-hybridized carbons (Fsp3) is 0.500. The summed E-state index contributed by atoms with van der Waals surface area (Å²) >= 11 is 6.17. The third-order valence-electron chi connectivity index (χ3n) is 6.60. The summed E-state index contributed by atoms with van der Waals surface area (Å²) in [7, 11) is 0.882. The average Bonchev–Trinajstić information content (AvgIpc) is 2.92. The Bertz CT molecular complexity index is 1320. The van der Waals surface area contributed by atoms with Gasteiger partial charge in [0, 0.05) is 46.4 Å². The van der Waals surface area contributed by atoms with Crippen molar-refractivity contribution in [3.8, 4) is 11.5 Å². The monoisotopic (exact) mass is 609 g/mol. The van der Waals surface area contributed by atoms with E-state index in [4.69, 9.17) is 21.1 Å². The first kappa shape index (κ1) is 30.8. The summed E-state index contributed by atoms with van der Waals surface area (Å²) in [5.41, 5.74) is 2.20. The van der Waals surface area contributed by atoms with Gasteiger partial charge in [0.2, 0.25) is 0 Å². The quantitative estimate of drug-likeness (QED) is 0.228. The molecule has 2 N–H and O–H groups in total. The van der Waals surface area contributed by atoms with Crippen molar-refractivity contribution in [3.63, 3.8) is 0 Å². The largest absolute Gasteiger partial charge is 0.490 e. The Morgan fingerprint density at radius 3 is 2.88 bits per heavy atom. The van der Waals surface area contributed by atoms with Gasteiger partial charge >= 0.3 is 0 Å². The predicted octanol–water partition coefficient (Wildman–Crippen LogP) is 5.92. The summed E-state index contributed by atoms with van der Waals surface area (Å²) < 4.78 is 38.7. The van der Waals surface area contributed by atoms with Crippen molar-refractivity contribution in [1.29, 1.82) is 0 Å². The summed E-state index contributed by atoms with van der Waals surface area (Å²) in [6.07, 6.45) is 5.22. The molecule has 0 saturated heterocycles. The first-order valence-electron chi connectivity index (χ1n) is 13.6. The van der Waals surface area contributed by atoms with E-state index in [-0.39, 0.29) is 5.02 Å². The van der Waals surface area contributed by atoms with E-state index in [1.54, 1.807) is 6.07 Å². The maximum absolute atomic E-state index is 14.4. The zero-order chi connectivity index (χ0) is 28.5. The highest BCUT2D eigenvalue weighted by Gasteiger charge is 2.16. The fourth-order valence-corrected chi connectivity index (χ4v) is 6.63. The molecule has 0 aliphatic carbocycles. The topological polar surface area (TPSA) is 88.6 Å².